The van der Waals surface area contributed by atoms with E-state index in [9.17, 15) is 4.39 Å². The number of benzene rings is 2. The lowest BCUT2D eigenvalue weighted by Gasteiger charge is -2.36. The van der Waals surface area contributed by atoms with E-state index in [1.165, 1.54) is 12.1 Å². The topological polar surface area (TPSA) is 18.5 Å². The molecule has 3 nitrogen and oxygen atoms in total. The van der Waals surface area contributed by atoms with Crippen molar-refractivity contribution in [3.8, 4) is 0 Å². The maximum absolute atomic E-state index is 13.0. The van der Waals surface area contributed by atoms with E-state index in [1.54, 1.807) is 0 Å². The van der Waals surface area contributed by atoms with Crippen molar-refractivity contribution in [3.63, 3.8) is 0 Å². The summed E-state index contributed by atoms with van der Waals surface area (Å²) < 4.78 is 13.0. The first-order valence-electron chi connectivity index (χ1n) is 8.31. The van der Waals surface area contributed by atoms with Crippen LogP contribution in [0.3, 0.4) is 0 Å². The molecule has 0 radical (unpaired) electrons. The average Bonchev–Trinajstić information content (AvgIpc) is 2.61. The zero-order valence-electron chi connectivity index (χ0n) is 14.1. The van der Waals surface area contributed by atoms with Crippen LogP contribution in [0.2, 0.25) is 5.02 Å². The summed E-state index contributed by atoms with van der Waals surface area (Å²) >= 11 is 11.7. The van der Waals surface area contributed by atoms with Crippen molar-refractivity contribution in [2.45, 2.75) is 13.5 Å². The Bertz CT molecular complexity index is 743. The Hall–Kier alpha value is -1.69. The highest BCUT2D eigenvalue weighted by atomic mass is 35.5. The van der Waals surface area contributed by atoms with Gasteiger partial charge in [-0.1, -0.05) is 29.8 Å². The van der Waals surface area contributed by atoms with Crippen molar-refractivity contribution in [1.29, 1.82) is 0 Å². The van der Waals surface area contributed by atoms with Crippen molar-refractivity contribution in [2.24, 2.45) is 0 Å². The van der Waals surface area contributed by atoms with Crippen molar-refractivity contribution in [2.75, 3.05) is 31.5 Å². The Balaban J connectivity index is 1.52. The van der Waals surface area contributed by atoms with Crippen LogP contribution in [-0.2, 0) is 6.54 Å². The van der Waals surface area contributed by atoms with Crippen LogP contribution in [0, 0.1) is 12.7 Å². The van der Waals surface area contributed by atoms with E-state index in [4.69, 9.17) is 23.8 Å². The zero-order valence-corrected chi connectivity index (χ0v) is 15.7. The van der Waals surface area contributed by atoms with Gasteiger partial charge in [-0.05, 0) is 54.5 Å². The quantitative estimate of drug-likeness (QED) is 0.803. The standard InChI is InChI=1S/C19H21ClFN3S/c1-14-17(20)3-2-4-18(14)22-19(25)24-11-9-23(10-12-24)13-15-5-7-16(21)8-6-15/h2-8H,9-13H2,1H3,(H,22,25). The molecular weight excluding hydrogens is 357 g/mol. The van der Waals surface area contributed by atoms with Crippen molar-refractivity contribution in [1.82, 2.24) is 9.80 Å². The molecule has 0 bridgehead atoms. The summed E-state index contributed by atoms with van der Waals surface area (Å²) in [5, 5.41) is 4.77. The number of hydrogen-bond acceptors (Lipinski definition) is 2. The van der Waals surface area contributed by atoms with Crippen molar-refractivity contribution in [3.05, 3.63) is 64.4 Å². The fourth-order valence-electron chi connectivity index (χ4n) is 2.89. The SMILES string of the molecule is Cc1c(Cl)cccc1NC(=S)N1CCN(Cc2ccc(F)cc2)CC1. The molecule has 1 aliphatic rings. The maximum atomic E-state index is 13.0. The monoisotopic (exact) mass is 377 g/mol. The Morgan fingerprint density at radius 3 is 2.48 bits per heavy atom. The zero-order chi connectivity index (χ0) is 17.8. The first-order chi connectivity index (χ1) is 12.0. The van der Waals surface area contributed by atoms with Crippen LogP contribution < -0.4 is 5.32 Å². The molecular formula is C19H21ClFN3S. The van der Waals surface area contributed by atoms with Gasteiger partial charge < -0.3 is 10.2 Å². The van der Waals surface area contributed by atoms with Crippen LogP contribution in [-0.4, -0.2) is 41.1 Å². The largest absolute Gasteiger partial charge is 0.346 e. The van der Waals surface area contributed by atoms with Gasteiger partial charge in [-0.3, -0.25) is 4.90 Å². The van der Waals surface area contributed by atoms with E-state index >= 15 is 0 Å². The third-order valence-electron chi connectivity index (χ3n) is 4.49. The molecule has 2 aromatic carbocycles. The molecule has 0 aromatic heterocycles. The van der Waals surface area contributed by atoms with Gasteiger partial charge in [-0.15, -0.1) is 0 Å². The van der Waals surface area contributed by atoms with E-state index < -0.39 is 0 Å². The predicted octanol–water partition coefficient (Wildman–Crippen LogP) is 4.30. The van der Waals surface area contributed by atoms with Gasteiger partial charge in [0.1, 0.15) is 5.82 Å². The Kier molecular flexibility index (Phi) is 5.89. The number of nitrogens with zero attached hydrogens (tertiary/aromatic N) is 2. The Morgan fingerprint density at radius 1 is 1.12 bits per heavy atom. The lowest BCUT2D eigenvalue weighted by Crippen LogP contribution is -2.49. The minimum Gasteiger partial charge on any atom is -0.346 e. The van der Waals surface area contributed by atoms with Crippen LogP contribution in [0.4, 0.5) is 10.1 Å². The number of hydrogen-bond donors (Lipinski definition) is 1. The molecule has 2 aromatic rings. The van der Waals surface area contributed by atoms with E-state index in [-0.39, 0.29) is 5.82 Å². The molecule has 6 heteroatoms. The summed E-state index contributed by atoms with van der Waals surface area (Å²) in [6.07, 6.45) is 0. The second-order valence-electron chi connectivity index (χ2n) is 6.23. The first kappa shape index (κ1) is 18.1. The van der Waals surface area contributed by atoms with Gasteiger partial charge in [0.25, 0.3) is 0 Å². The van der Waals surface area contributed by atoms with Gasteiger partial charge in [0.2, 0.25) is 0 Å². The van der Waals surface area contributed by atoms with Gasteiger partial charge in [0, 0.05) is 43.4 Å². The second kappa shape index (κ2) is 8.13. The van der Waals surface area contributed by atoms with E-state index in [0.717, 1.165) is 59.7 Å². The fraction of sp³-hybridized carbons (Fsp3) is 0.316. The van der Waals surface area contributed by atoms with Crippen molar-refractivity contribution >= 4 is 34.6 Å². The molecule has 0 unspecified atom stereocenters. The van der Waals surface area contributed by atoms with Crippen LogP contribution >= 0.6 is 23.8 Å². The first-order valence-corrected chi connectivity index (χ1v) is 9.09. The van der Waals surface area contributed by atoms with Gasteiger partial charge in [0.05, 0.1) is 0 Å². The lowest BCUT2D eigenvalue weighted by atomic mass is 10.2. The highest BCUT2D eigenvalue weighted by Gasteiger charge is 2.19. The number of nitrogens with one attached hydrogen (secondary N) is 1. The molecule has 0 amide bonds. The third kappa shape index (κ3) is 4.69. The van der Waals surface area contributed by atoms with Gasteiger partial charge >= 0.3 is 0 Å². The van der Waals surface area contributed by atoms with E-state index in [0.29, 0.717) is 0 Å². The number of piperazine rings is 1. The molecule has 25 heavy (non-hydrogen) atoms. The maximum Gasteiger partial charge on any atom is 0.173 e. The van der Waals surface area contributed by atoms with Crippen LogP contribution in [0.25, 0.3) is 0 Å². The van der Waals surface area contributed by atoms with Gasteiger partial charge in [0.15, 0.2) is 5.11 Å². The smallest absolute Gasteiger partial charge is 0.173 e. The highest BCUT2D eigenvalue weighted by molar-refractivity contribution is 7.80. The molecule has 0 atom stereocenters. The number of halogens is 2. The van der Waals surface area contributed by atoms with Crippen LogP contribution in [0.15, 0.2) is 42.5 Å². The molecule has 0 aliphatic carbocycles. The molecule has 1 fully saturated rings. The third-order valence-corrected chi connectivity index (χ3v) is 5.26. The predicted molar refractivity (Wildman–Crippen MR) is 106 cm³/mol. The van der Waals surface area contributed by atoms with E-state index in [2.05, 4.69) is 15.1 Å². The van der Waals surface area contributed by atoms with Crippen LogP contribution in [0.1, 0.15) is 11.1 Å². The molecule has 1 aliphatic heterocycles. The summed E-state index contributed by atoms with van der Waals surface area (Å²) in [6, 6.07) is 12.5. The Labute approximate surface area is 158 Å². The summed E-state index contributed by atoms with van der Waals surface area (Å²) in [5.41, 5.74) is 3.08. The van der Waals surface area contributed by atoms with Gasteiger partial charge in [-0.25, -0.2) is 4.39 Å². The highest BCUT2D eigenvalue weighted by Crippen LogP contribution is 2.23. The minimum atomic E-state index is -0.193. The second-order valence-corrected chi connectivity index (χ2v) is 7.03. The summed E-state index contributed by atoms with van der Waals surface area (Å²) in [6.45, 7) is 6.40. The lowest BCUT2D eigenvalue weighted by molar-refractivity contribution is 0.177. The number of rotatable bonds is 3. The average molecular weight is 378 g/mol. The molecule has 0 saturated carbocycles. The summed E-state index contributed by atoms with van der Waals surface area (Å²) in [4.78, 5) is 4.54. The summed E-state index contributed by atoms with van der Waals surface area (Å²) in [5.74, 6) is -0.193. The van der Waals surface area contributed by atoms with Crippen molar-refractivity contribution < 1.29 is 4.39 Å². The van der Waals surface area contributed by atoms with E-state index in [1.807, 2.05) is 37.3 Å². The Morgan fingerprint density at radius 2 is 1.80 bits per heavy atom. The molecule has 0 spiro atoms. The molecule has 1 saturated heterocycles. The number of thiocarbonyl (C=S) groups is 1. The fourth-order valence-corrected chi connectivity index (χ4v) is 3.36. The number of anilines is 1. The molecule has 3 rings (SSSR count). The minimum absolute atomic E-state index is 0.193. The van der Waals surface area contributed by atoms with Gasteiger partial charge in [-0.2, -0.15) is 0 Å². The van der Waals surface area contributed by atoms with Crippen LogP contribution in [0.5, 0.6) is 0 Å². The summed E-state index contributed by atoms with van der Waals surface area (Å²) in [7, 11) is 0. The molecule has 1 N–H and O–H groups in total. The normalized spacial score (nSPS) is 15.2. The molecule has 1 heterocycles. The molecule has 132 valence electrons.